The van der Waals surface area contributed by atoms with Crippen LogP contribution >= 0.6 is 0 Å². The molecule has 0 aliphatic rings. The molecule has 2 aromatic rings. The van der Waals surface area contributed by atoms with Crippen LogP contribution in [-0.4, -0.2) is 10.3 Å². The highest BCUT2D eigenvalue weighted by atomic mass is 19.2. The maximum atomic E-state index is 13.3. The van der Waals surface area contributed by atoms with Gasteiger partial charge in [0.2, 0.25) is 0 Å². The Morgan fingerprint density at radius 2 is 1.75 bits per heavy atom. The van der Waals surface area contributed by atoms with Gasteiger partial charge in [0.1, 0.15) is 18.1 Å². The molecule has 3 nitrogen and oxygen atoms in total. The first kappa shape index (κ1) is 10.7. The quantitative estimate of drug-likeness (QED) is 0.803. The third kappa shape index (κ3) is 1.79. The molecule has 0 aliphatic heterocycles. The summed E-state index contributed by atoms with van der Waals surface area (Å²) in [6, 6.07) is 2.36. The third-order valence-corrected chi connectivity index (χ3v) is 2.00. The second-order valence-corrected chi connectivity index (χ2v) is 3.08. The first-order valence-electron chi connectivity index (χ1n) is 4.33. The lowest BCUT2D eigenvalue weighted by Gasteiger charge is -1.99. The van der Waals surface area contributed by atoms with E-state index in [9.17, 15) is 13.2 Å². The Labute approximate surface area is 88.1 Å². The third-order valence-electron chi connectivity index (χ3n) is 2.00. The molecule has 2 rings (SSSR count). The molecule has 1 aromatic carbocycles. The van der Waals surface area contributed by atoms with E-state index in [-0.39, 0.29) is 17.0 Å². The van der Waals surface area contributed by atoms with Crippen molar-refractivity contribution in [2.45, 2.75) is 6.61 Å². The summed E-state index contributed by atoms with van der Waals surface area (Å²) < 4.78 is 43.4. The number of aromatic nitrogens is 1. The SMILES string of the molecule is OCc1cc(-c2cc(F)c(F)cc2F)no1. The molecule has 0 saturated carbocycles. The van der Waals surface area contributed by atoms with Gasteiger partial charge in [0, 0.05) is 17.7 Å². The molecule has 0 atom stereocenters. The Morgan fingerprint density at radius 1 is 1.06 bits per heavy atom. The lowest BCUT2D eigenvalue weighted by Crippen LogP contribution is -1.91. The zero-order valence-electron chi connectivity index (χ0n) is 7.88. The van der Waals surface area contributed by atoms with E-state index >= 15 is 0 Å². The molecular formula is C10H6F3NO2. The van der Waals surface area contributed by atoms with Gasteiger partial charge >= 0.3 is 0 Å². The van der Waals surface area contributed by atoms with Gasteiger partial charge in [-0.2, -0.15) is 0 Å². The lowest BCUT2D eigenvalue weighted by atomic mass is 10.1. The molecule has 0 aliphatic carbocycles. The van der Waals surface area contributed by atoms with Crippen molar-refractivity contribution in [3.05, 3.63) is 41.4 Å². The van der Waals surface area contributed by atoms with Gasteiger partial charge < -0.3 is 9.63 Å². The van der Waals surface area contributed by atoms with E-state index < -0.39 is 24.1 Å². The topological polar surface area (TPSA) is 46.3 Å². The molecule has 16 heavy (non-hydrogen) atoms. The lowest BCUT2D eigenvalue weighted by molar-refractivity contribution is 0.229. The second-order valence-electron chi connectivity index (χ2n) is 3.08. The first-order valence-corrected chi connectivity index (χ1v) is 4.33. The van der Waals surface area contributed by atoms with Crippen LogP contribution in [0.5, 0.6) is 0 Å². The van der Waals surface area contributed by atoms with E-state index in [0.29, 0.717) is 12.1 Å². The summed E-state index contributed by atoms with van der Waals surface area (Å²) in [7, 11) is 0. The van der Waals surface area contributed by atoms with E-state index in [1.54, 1.807) is 0 Å². The molecule has 6 heteroatoms. The molecule has 0 unspecified atom stereocenters. The molecule has 0 bridgehead atoms. The summed E-state index contributed by atoms with van der Waals surface area (Å²) in [5, 5.41) is 12.1. The number of aliphatic hydroxyl groups is 1. The summed E-state index contributed by atoms with van der Waals surface area (Å²) >= 11 is 0. The zero-order chi connectivity index (χ0) is 11.7. The van der Waals surface area contributed by atoms with E-state index in [2.05, 4.69) is 9.68 Å². The molecule has 84 valence electrons. The van der Waals surface area contributed by atoms with Crippen molar-refractivity contribution in [2.24, 2.45) is 0 Å². The number of hydrogen-bond donors (Lipinski definition) is 1. The summed E-state index contributed by atoms with van der Waals surface area (Å²) in [6.07, 6.45) is 0. The number of rotatable bonds is 2. The molecule has 0 amide bonds. The summed E-state index contributed by atoms with van der Waals surface area (Å²) in [5.41, 5.74) is -0.220. The van der Waals surface area contributed by atoms with Crippen molar-refractivity contribution in [3.63, 3.8) is 0 Å². The second kappa shape index (κ2) is 3.97. The highest BCUT2D eigenvalue weighted by molar-refractivity contribution is 5.59. The molecule has 1 aromatic heterocycles. The van der Waals surface area contributed by atoms with E-state index in [4.69, 9.17) is 5.11 Å². The summed E-state index contributed by atoms with van der Waals surface area (Å²) in [5.74, 6) is -3.28. The van der Waals surface area contributed by atoms with Gasteiger partial charge in [0.25, 0.3) is 0 Å². The monoisotopic (exact) mass is 229 g/mol. The Bertz CT molecular complexity index is 525. The Balaban J connectivity index is 2.51. The van der Waals surface area contributed by atoms with Gasteiger partial charge in [-0.25, -0.2) is 13.2 Å². The van der Waals surface area contributed by atoms with Crippen LogP contribution in [0.4, 0.5) is 13.2 Å². The van der Waals surface area contributed by atoms with Crippen molar-refractivity contribution in [1.82, 2.24) is 5.16 Å². The average molecular weight is 229 g/mol. The number of hydrogen-bond acceptors (Lipinski definition) is 3. The number of aliphatic hydroxyl groups excluding tert-OH is 1. The molecule has 1 N–H and O–H groups in total. The van der Waals surface area contributed by atoms with Crippen molar-refractivity contribution < 1.29 is 22.8 Å². The van der Waals surface area contributed by atoms with Gasteiger partial charge in [0.15, 0.2) is 17.4 Å². The highest BCUT2D eigenvalue weighted by Crippen LogP contribution is 2.24. The van der Waals surface area contributed by atoms with Crippen LogP contribution in [0.1, 0.15) is 5.76 Å². The van der Waals surface area contributed by atoms with Crippen LogP contribution < -0.4 is 0 Å². The average Bonchev–Trinajstić information content (AvgIpc) is 2.71. The minimum atomic E-state index is -1.27. The van der Waals surface area contributed by atoms with Crippen LogP contribution in [0.25, 0.3) is 11.3 Å². The molecule has 0 saturated heterocycles. The van der Waals surface area contributed by atoms with Gasteiger partial charge in [-0.05, 0) is 6.07 Å². The Morgan fingerprint density at radius 3 is 2.38 bits per heavy atom. The van der Waals surface area contributed by atoms with Crippen LogP contribution in [0, 0.1) is 17.5 Å². The van der Waals surface area contributed by atoms with E-state index in [1.807, 2.05) is 0 Å². The van der Waals surface area contributed by atoms with Crippen LogP contribution in [0.15, 0.2) is 22.7 Å². The predicted molar refractivity (Wildman–Crippen MR) is 47.7 cm³/mol. The highest BCUT2D eigenvalue weighted by Gasteiger charge is 2.14. The standard InChI is InChI=1S/C10H6F3NO2/c11-7-3-9(13)8(12)2-6(7)10-1-5(4-15)16-14-10/h1-3,15H,4H2. The predicted octanol–water partition coefficient (Wildman–Crippen LogP) is 2.25. The van der Waals surface area contributed by atoms with Crippen molar-refractivity contribution in [2.75, 3.05) is 0 Å². The molecule has 0 fully saturated rings. The number of nitrogens with zero attached hydrogens (tertiary/aromatic N) is 1. The zero-order valence-corrected chi connectivity index (χ0v) is 7.88. The van der Waals surface area contributed by atoms with E-state index in [0.717, 1.165) is 0 Å². The normalized spacial score (nSPS) is 10.8. The molecular weight excluding hydrogens is 223 g/mol. The van der Waals surface area contributed by atoms with Crippen molar-refractivity contribution in [1.29, 1.82) is 0 Å². The molecule has 0 spiro atoms. The Hall–Kier alpha value is -1.82. The van der Waals surface area contributed by atoms with Crippen LogP contribution in [0.2, 0.25) is 0 Å². The fourth-order valence-corrected chi connectivity index (χ4v) is 1.23. The van der Waals surface area contributed by atoms with Crippen LogP contribution in [-0.2, 0) is 6.61 Å². The fourth-order valence-electron chi connectivity index (χ4n) is 1.23. The fraction of sp³-hybridized carbons (Fsp3) is 0.100. The van der Waals surface area contributed by atoms with Gasteiger partial charge in [0.05, 0.1) is 0 Å². The van der Waals surface area contributed by atoms with Gasteiger partial charge in [-0.1, -0.05) is 5.16 Å². The van der Waals surface area contributed by atoms with Gasteiger partial charge in [-0.3, -0.25) is 0 Å². The minimum Gasteiger partial charge on any atom is -0.388 e. The smallest absolute Gasteiger partial charge is 0.162 e. The van der Waals surface area contributed by atoms with E-state index in [1.165, 1.54) is 6.07 Å². The largest absolute Gasteiger partial charge is 0.388 e. The van der Waals surface area contributed by atoms with Crippen molar-refractivity contribution >= 4 is 0 Å². The number of benzene rings is 1. The number of halogens is 3. The molecule has 0 radical (unpaired) electrons. The Kier molecular flexibility index (Phi) is 2.66. The minimum absolute atomic E-state index is 0.000417. The van der Waals surface area contributed by atoms with Crippen LogP contribution in [0.3, 0.4) is 0 Å². The first-order chi connectivity index (χ1) is 7.61. The van der Waals surface area contributed by atoms with Gasteiger partial charge in [-0.15, -0.1) is 0 Å². The maximum absolute atomic E-state index is 13.3. The summed E-state index contributed by atoms with van der Waals surface area (Å²) in [6.45, 7) is -0.404. The van der Waals surface area contributed by atoms with Crippen molar-refractivity contribution in [3.8, 4) is 11.3 Å². The summed E-state index contributed by atoms with van der Waals surface area (Å²) in [4.78, 5) is 0. The maximum Gasteiger partial charge on any atom is 0.162 e. The molecule has 1 heterocycles.